The highest BCUT2D eigenvalue weighted by Gasteiger charge is 2.30. The Labute approximate surface area is 102 Å². The number of hydrogen-bond donors (Lipinski definition) is 1. The molecule has 2 aromatic rings. The minimum absolute atomic E-state index is 0.0380. The van der Waals surface area contributed by atoms with Crippen molar-refractivity contribution in [3.05, 3.63) is 23.3 Å². The zero-order valence-corrected chi connectivity index (χ0v) is 9.51. The van der Waals surface area contributed by atoms with Crippen molar-refractivity contribution in [2.45, 2.75) is 0 Å². The van der Waals surface area contributed by atoms with Gasteiger partial charge in [0.1, 0.15) is 22.3 Å². The molecule has 3 heterocycles. The van der Waals surface area contributed by atoms with Gasteiger partial charge < -0.3 is 19.2 Å². The molecule has 0 aliphatic carbocycles. The molecule has 0 aromatic carbocycles. The Bertz CT molecular complexity index is 596. The molecule has 1 aliphatic rings. The van der Waals surface area contributed by atoms with E-state index in [9.17, 15) is 9.59 Å². The van der Waals surface area contributed by atoms with Crippen LogP contribution in [0.5, 0.6) is 0 Å². The van der Waals surface area contributed by atoms with Crippen molar-refractivity contribution in [3.8, 4) is 0 Å². The van der Waals surface area contributed by atoms with E-state index >= 15 is 0 Å². The average molecular weight is 249 g/mol. The van der Waals surface area contributed by atoms with Crippen molar-refractivity contribution >= 4 is 23.0 Å². The van der Waals surface area contributed by atoms with Crippen molar-refractivity contribution in [2.75, 3.05) is 26.3 Å². The smallest absolute Gasteiger partial charge is 0.340 e. The van der Waals surface area contributed by atoms with E-state index in [1.54, 1.807) is 17.0 Å². The number of fused-ring (bicyclic) bond motifs is 2. The third kappa shape index (κ3) is 1.53. The molecule has 1 amide bonds. The molecule has 2 bridgehead atoms. The Morgan fingerprint density at radius 3 is 2.33 bits per heavy atom. The summed E-state index contributed by atoms with van der Waals surface area (Å²) in [5.41, 5.74) is 0.693. The van der Waals surface area contributed by atoms with Gasteiger partial charge in [-0.2, -0.15) is 0 Å². The fourth-order valence-corrected chi connectivity index (χ4v) is 2.20. The first-order chi connectivity index (χ1) is 8.68. The number of hydrogen-bond acceptors (Lipinski definition) is 4. The standard InChI is InChI=1S/C12H11NO5/c14-11(13-3-5-17-6-4-13)9-7-1-2-8(18-7)10(9)12(15)16/h1-2H,3-6H2,(H,15,16). The normalized spacial score (nSPS) is 16.3. The average Bonchev–Trinajstić information content (AvgIpc) is 2.99. The number of rotatable bonds is 2. The molecule has 0 atom stereocenters. The molecule has 0 radical (unpaired) electrons. The Balaban J connectivity index is 2.01. The maximum Gasteiger partial charge on any atom is 0.340 e. The van der Waals surface area contributed by atoms with Crippen LogP contribution in [-0.2, 0) is 4.74 Å². The second-order valence-corrected chi connectivity index (χ2v) is 4.12. The first-order valence-corrected chi connectivity index (χ1v) is 5.63. The lowest BCUT2D eigenvalue weighted by atomic mass is 10.1. The number of carbonyl (C=O) groups is 2. The Morgan fingerprint density at radius 1 is 1.11 bits per heavy atom. The van der Waals surface area contributed by atoms with Crippen molar-refractivity contribution in [2.24, 2.45) is 0 Å². The summed E-state index contributed by atoms with van der Waals surface area (Å²) in [6.07, 6.45) is 0. The molecule has 1 saturated heterocycles. The molecule has 0 unspecified atom stereocenters. The predicted octanol–water partition coefficient (Wildman–Crippen LogP) is 1.04. The molecule has 2 aromatic heterocycles. The van der Waals surface area contributed by atoms with Gasteiger partial charge in [0.25, 0.3) is 5.91 Å². The number of ether oxygens (including phenoxy) is 1. The van der Waals surface area contributed by atoms with Gasteiger partial charge in [-0.25, -0.2) is 4.79 Å². The van der Waals surface area contributed by atoms with E-state index in [1.165, 1.54) is 0 Å². The van der Waals surface area contributed by atoms with Crippen LogP contribution >= 0.6 is 0 Å². The van der Waals surface area contributed by atoms with Gasteiger partial charge in [-0.3, -0.25) is 4.79 Å². The first kappa shape index (κ1) is 11.0. The van der Waals surface area contributed by atoms with Crippen molar-refractivity contribution in [3.63, 3.8) is 0 Å². The summed E-state index contributed by atoms with van der Waals surface area (Å²) < 4.78 is 10.4. The Kier molecular flexibility index (Phi) is 2.45. The Morgan fingerprint density at radius 2 is 1.72 bits per heavy atom. The Hall–Kier alpha value is -2.08. The monoisotopic (exact) mass is 249 g/mol. The number of morpholine rings is 1. The van der Waals surface area contributed by atoms with Crippen molar-refractivity contribution in [1.82, 2.24) is 4.90 Å². The van der Waals surface area contributed by atoms with Crippen LogP contribution in [0.2, 0.25) is 0 Å². The second kappa shape index (κ2) is 3.99. The van der Waals surface area contributed by atoms with Gasteiger partial charge in [0.2, 0.25) is 0 Å². The maximum atomic E-state index is 12.3. The van der Waals surface area contributed by atoms with E-state index in [-0.39, 0.29) is 22.6 Å². The fraction of sp³-hybridized carbons (Fsp3) is 0.333. The van der Waals surface area contributed by atoms with Crippen LogP contribution in [0.1, 0.15) is 20.7 Å². The topological polar surface area (TPSA) is 80.0 Å². The highest BCUT2D eigenvalue weighted by molar-refractivity contribution is 6.14. The summed E-state index contributed by atoms with van der Waals surface area (Å²) in [6, 6.07) is 3.18. The SMILES string of the molecule is O=C(O)c1c(C(=O)N2CCOCC2)c2ccc1o2. The number of carboxylic acids is 1. The molecule has 94 valence electrons. The van der Waals surface area contributed by atoms with Crippen LogP contribution in [0.15, 0.2) is 16.5 Å². The highest BCUT2D eigenvalue weighted by Crippen LogP contribution is 2.29. The molecule has 6 nitrogen and oxygen atoms in total. The summed E-state index contributed by atoms with van der Waals surface area (Å²) in [4.78, 5) is 25.1. The number of furan rings is 2. The van der Waals surface area contributed by atoms with Gasteiger partial charge in [-0.05, 0) is 12.1 Å². The molecule has 0 spiro atoms. The van der Waals surface area contributed by atoms with E-state index in [0.29, 0.717) is 31.9 Å². The summed E-state index contributed by atoms with van der Waals surface area (Å²) in [5.74, 6) is -1.44. The van der Waals surface area contributed by atoms with Crippen LogP contribution in [0, 0.1) is 0 Å². The van der Waals surface area contributed by atoms with Gasteiger partial charge in [-0.15, -0.1) is 0 Å². The minimum Gasteiger partial charge on any atom is -0.478 e. The quantitative estimate of drug-likeness (QED) is 0.860. The molecule has 18 heavy (non-hydrogen) atoms. The summed E-state index contributed by atoms with van der Waals surface area (Å²) >= 11 is 0. The van der Waals surface area contributed by atoms with Crippen LogP contribution in [0.4, 0.5) is 0 Å². The van der Waals surface area contributed by atoms with E-state index in [1.807, 2.05) is 0 Å². The summed E-state index contributed by atoms with van der Waals surface area (Å²) in [6.45, 7) is 1.90. The zero-order valence-electron chi connectivity index (χ0n) is 9.51. The van der Waals surface area contributed by atoms with Crippen LogP contribution in [0.3, 0.4) is 0 Å². The van der Waals surface area contributed by atoms with Crippen LogP contribution < -0.4 is 0 Å². The molecule has 3 rings (SSSR count). The number of carboxylic acid groups (broad SMARTS) is 1. The van der Waals surface area contributed by atoms with E-state index in [0.717, 1.165) is 0 Å². The molecule has 1 fully saturated rings. The van der Waals surface area contributed by atoms with E-state index < -0.39 is 5.97 Å². The molecule has 6 heteroatoms. The lowest BCUT2D eigenvalue weighted by Gasteiger charge is -2.26. The lowest BCUT2D eigenvalue weighted by molar-refractivity contribution is 0.0301. The summed E-state index contributed by atoms with van der Waals surface area (Å²) in [5, 5.41) is 9.15. The molecule has 1 N–H and O–H groups in total. The minimum atomic E-state index is -1.14. The van der Waals surface area contributed by atoms with Gasteiger partial charge in [0, 0.05) is 13.1 Å². The van der Waals surface area contributed by atoms with Gasteiger partial charge in [0.05, 0.1) is 13.2 Å². The third-order valence-corrected chi connectivity index (χ3v) is 3.07. The molecular weight excluding hydrogens is 238 g/mol. The first-order valence-electron chi connectivity index (χ1n) is 5.63. The number of carbonyl (C=O) groups excluding carboxylic acids is 1. The van der Waals surface area contributed by atoms with Gasteiger partial charge >= 0.3 is 5.97 Å². The van der Waals surface area contributed by atoms with Gasteiger partial charge in [-0.1, -0.05) is 0 Å². The lowest BCUT2D eigenvalue weighted by Crippen LogP contribution is -2.41. The van der Waals surface area contributed by atoms with Crippen LogP contribution in [0.25, 0.3) is 11.2 Å². The van der Waals surface area contributed by atoms with Crippen molar-refractivity contribution < 1.29 is 23.8 Å². The predicted molar refractivity (Wildman–Crippen MR) is 61.1 cm³/mol. The maximum absolute atomic E-state index is 12.3. The van der Waals surface area contributed by atoms with Crippen molar-refractivity contribution in [1.29, 1.82) is 0 Å². The second-order valence-electron chi connectivity index (χ2n) is 4.12. The number of benzene rings is 1. The van der Waals surface area contributed by atoms with Crippen LogP contribution in [-0.4, -0.2) is 48.2 Å². The summed E-state index contributed by atoms with van der Waals surface area (Å²) in [7, 11) is 0. The molecule has 0 saturated carbocycles. The highest BCUT2D eigenvalue weighted by atomic mass is 16.5. The number of amides is 1. The van der Waals surface area contributed by atoms with Gasteiger partial charge in [0.15, 0.2) is 0 Å². The molecular formula is C12H11NO5. The van der Waals surface area contributed by atoms with E-state index in [2.05, 4.69) is 0 Å². The number of nitrogens with zero attached hydrogens (tertiary/aromatic N) is 1. The van der Waals surface area contributed by atoms with E-state index in [4.69, 9.17) is 14.3 Å². The number of aromatic carboxylic acids is 1. The fourth-order valence-electron chi connectivity index (χ4n) is 2.20. The zero-order chi connectivity index (χ0) is 12.7. The molecule has 1 aliphatic heterocycles. The third-order valence-electron chi connectivity index (χ3n) is 3.07. The largest absolute Gasteiger partial charge is 0.478 e.